The van der Waals surface area contributed by atoms with E-state index in [-0.39, 0.29) is 18.5 Å². The van der Waals surface area contributed by atoms with Gasteiger partial charge in [0.05, 0.1) is 0 Å². The molecule has 2 unspecified atom stereocenters. The molecule has 1 aromatic rings. The highest BCUT2D eigenvalue weighted by Gasteiger charge is 2.27. The first-order valence-electron chi connectivity index (χ1n) is 6.43. The molecule has 1 aromatic carbocycles. The van der Waals surface area contributed by atoms with Crippen molar-refractivity contribution < 1.29 is 19.4 Å². The van der Waals surface area contributed by atoms with Crippen LogP contribution < -0.4 is 9.47 Å². The summed E-state index contributed by atoms with van der Waals surface area (Å²) in [6.45, 7) is 2.83. The molecule has 20 heavy (non-hydrogen) atoms. The van der Waals surface area contributed by atoms with E-state index < -0.39 is 12.0 Å². The summed E-state index contributed by atoms with van der Waals surface area (Å²) in [5.41, 5.74) is 0. The number of nitrogens with zero attached hydrogens (tertiary/aromatic N) is 1. The molecule has 5 nitrogen and oxygen atoms in total. The first-order valence-corrected chi connectivity index (χ1v) is 6.43. The fourth-order valence-electron chi connectivity index (χ4n) is 2.28. The second kappa shape index (κ2) is 7.36. The maximum atomic E-state index is 11.1. The normalized spacial score (nSPS) is 18.2. The minimum Gasteiger partial charge on any atom is -0.486 e. The van der Waals surface area contributed by atoms with Gasteiger partial charge in [0, 0.05) is 6.54 Å². The van der Waals surface area contributed by atoms with Crippen LogP contribution in [0.4, 0.5) is 0 Å². The highest BCUT2D eigenvalue weighted by molar-refractivity contribution is 5.85. The lowest BCUT2D eigenvalue weighted by atomic mass is 10.2. The average molecular weight is 302 g/mol. The van der Waals surface area contributed by atoms with Crippen LogP contribution in [-0.4, -0.2) is 48.3 Å². The van der Waals surface area contributed by atoms with Gasteiger partial charge in [0.25, 0.3) is 0 Å². The second-order valence-corrected chi connectivity index (χ2v) is 4.70. The molecule has 0 amide bonds. The number of para-hydroxylation sites is 2. The number of likely N-dealkylation sites (N-methyl/N-ethyl adjacent to an activating group) is 1. The van der Waals surface area contributed by atoms with Gasteiger partial charge in [-0.1, -0.05) is 19.1 Å². The van der Waals surface area contributed by atoms with Crippen LogP contribution in [0.25, 0.3) is 0 Å². The van der Waals surface area contributed by atoms with Crippen molar-refractivity contribution in [2.75, 3.05) is 20.2 Å². The Bertz CT molecular complexity index is 455. The number of aliphatic carboxylic acids is 1. The maximum Gasteiger partial charge on any atom is 0.320 e. The number of ether oxygens (including phenoxy) is 2. The monoisotopic (exact) mass is 301 g/mol. The summed E-state index contributed by atoms with van der Waals surface area (Å²) < 4.78 is 11.4. The molecule has 0 saturated carbocycles. The molecule has 112 valence electrons. The van der Waals surface area contributed by atoms with E-state index in [4.69, 9.17) is 14.6 Å². The number of carboxylic acid groups (broad SMARTS) is 1. The van der Waals surface area contributed by atoms with Crippen molar-refractivity contribution in [2.24, 2.45) is 0 Å². The minimum absolute atomic E-state index is 0. The first kappa shape index (κ1) is 16.6. The molecule has 0 aromatic heterocycles. The molecule has 1 heterocycles. The molecule has 0 radical (unpaired) electrons. The molecule has 1 N–H and O–H groups in total. The van der Waals surface area contributed by atoms with Crippen molar-refractivity contribution in [1.29, 1.82) is 0 Å². The van der Waals surface area contributed by atoms with Gasteiger partial charge < -0.3 is 14.6 Å². The van der Waals surface area contributed by atoms with Crippen LogP contribution in [0.5, 0.6) is 11.5 Å². The summed E-state index contributed by atoms with van der Waals surface area (Å²) in [6.07, 6.45) is 0.420. The molecule has 2 rings (SSSR count). The van der Waals surface area contributed by atoms with Crippen molar-refractivity contribution in [3.05, 3.63) is 24.3 Å². The van der Waals surface area contributed by atoms with E-state index in [0.717, 1.165) is 11.5 Å². The molecule has 1 aliphatic heterocycles. The fourth-order valence-corrected chi connectivity index (χ4v) is 2.28. The molecule has 0 aliphatic carbocycles. The topological polar surface area (TPSA) is 59.0 Å². The molecule has 0 spiro atoms. The number of halogens is 1. The zero-order valence-corrected chi connectivity index (χ0v) is 12.4. The van der Waals surface area contributed by atoms with Gasteiger partial charge in [-0.15, -0.1) is 12.4 Å². The molecule has 2 atom stereocenters. The Morgan fingerprint density at radius 2 is 2.10 bits per heavy atom. The summed E-state index contributed by atoms with van der Waals surface area (Å²) in [5, 5.41) is 9.12. The van der Waals surface area contributed by atoms with Crippen LogP contribution >= 0.6 is 12.4 Å². The summed E-state index contributed by atoms with van der Waals surface area (Å²) >= 11 is 0. The third-order valence-electron chi connectivity index (χ3n) is 3.26. The Balaban J connectivity index is 0.00000200. The van der Waals surface area contributed by atoms with Crippen molar-refractivity contribution in [2.45, 2.75) is 25.5 Å². The largest absolute Gasteiger partial charge is 0.486 e. The molecule has 0 fully saturated rings. The van der Waals surface area contributed by atoms with E-state index in [0.29, 0.717) is 19.6 Å². The highest BCUT2D eigenvalue weighted by Crippen LogP contribution is 2.31. The Labute approximate surface area is 124 Å². The Morgan fingerprint density at radius 3 is 2.70 bits per heavy atom. The smallest absolute Gasteiger partial charge is 0.320 e. The van der Waals surface area contributed by atoms with Crippen LogP contribution in [0.15, 0.2) is 24.3 Å². The molecule has 6 heteroatoms. The number of fused-ring (bicyclic) bond motifs is 1. The lowest BCUT2D eigenvalue weighted by Gasteiger charge is -2.31. The van der Waals surface area contributed by atoms with Crippen LogP contribution in [0.3, 0.4) is 0 Å². The Kier molecular flexibility index (Phi) is 6.10. The van der Waals surface area contributed by atoms with E-state index in [1.165, 1.54) is 0 Å². The van der Waals surface area contributed by atoms with Crippen molar-refractivity contribution >= 4 is 18.4 Å². The Hall–Kier alpha value is -1.46. The summed E-state index contributed by atoms with van der Waals surface area (Å²) in [6, 6.07) is 7.02. The zero-order chi connectivity index (χ0) is 13.8. The quantitative estimate of drug-likeness (QED) is 0.902. The minimum atomic E-state index is -0.804. The molecular weight excluding hydrogens is 282 g/mol. The Morgan fingerprint density at radius 1 is 1.45 bits per heavy atom. The number of rotatable bonds is 5. The van der Waals surface area contributed by atoms with E-state index in [1.807, 2.05) is 31.2 Å². The van der Waals surface area contributed by atoms with Crippen LogP contribution in [-0.2, 0) is 4.79 Å². The maximum absolute atomic E-state index is 11.1. The van der Waals surface area contributed by atoms with Gasteiger partial charge in [-0.3, -0.25) is 9.69 Å². The van der Waals surface area contributed by atoms with Gasteiger partial charge in [-0.2, -0.15) is 0 Å². The van der Waals surface area contributed by atoms with E-state index in [9.17, 15) is 4.79 Å². The molecular formula is C14H20ClNO4. The predicted molar refractivity (Wildman–Crippen MR) is 77.9 cm³/mol. The van der Waals surface area contributed by atoms with Crippen molar-refractivity contribution in [3.8, 4) is 11.5 Å². The first-order chi connectivity index (χ1) is 9.11. The van der Waals surface area contributed by atoms with Gasteiger partial charge in [0.1, 0.15) is 18.8 Å². The summed E-state index contributed by atoms with van der Waals surface area (Å²) in [7, 11) is 1.80. The van der Waals surface area contributed by atoms with Gasteiger partial charge in [-0.05, 0) is 25.6 Å². The lowest BCUT2D eigenvalue weighted by molar-refractivity contribution is -0.143. The molecule has 1 aliphatic rings. The van der Waals surface area contributed by atoms with Gasteiger partial charge >= 0.3 is 5.97 Å². The van der Waals surface area contributed by atoms with E-state index >= 15 is 0 Å². The van der Waals surface area contributed by atoms with Crippen LogP contribution in [0.2, 0.25) is 0 Å². The second-order valence-electron chi connectivity index (χ2n) is 4.70. The third kappa shape index (κ3) is 3.77. The third-order valence-corrected chi connectivity index (χ3v) is 3.26. The van der Waals surface area contributed by atoms with Gasteiger partial charge in [-0.25, -0.2) is 0 Å². The van der Waals surface area contributed by atoms with E-state index in [2.05, 4.69) is 0 Å². The van der Waals surface area contributed by atoms with Crippen LogP contribution in [0, 0.1) is 0 Å². The highest BCUT2D eigenvalue weighted by atomic mass is 35.5. The summed E-state index contributed by atoms with van der Waals surface area (Å²) in [5.74, 6) is 0.657. The SMILES string of the molecule is CCC(C(=O)O)N(C)CC1COc2ccccc2O1.Cl. The standard InChI is InChI=1S/C14H19NO4.ClH/c1-3-11(14(16)17)15(2)8-10-9-18-12-6-4-5-7-13(12)19-10;/h4-7,10-11H,3,8-9H2,1-2H3,(H,16,17);1H. The zero-order valence-electron chi connectivity index (χ0n) is 11.6. The van der Waals surface area contributed by atoms with Crippen LogP contribution in [0.1, 0.15) is 13.3 Å². The molecule has 0 bridgehead atoms. The number of carbonyl (C=O) groups is 1. The fraction of sp³-hybridized carbons (Fsp3) is 0.500. The van der Waals surface area contributed by atoms with Crippen molar-refractivity contribution in [3.63, 3.8) is 0 Å². The van der Waals surface area contributed by atoms with Gasteiger partial charge in [0.15, 0.2) is 11.5 Å². The number of benzene rings is 1. The number of hydrogen-bond acceptors (Lipinski definition) is 4. The van der Waals surface area contributed by atoms with Crippen molar-refractivity contribution in [1.82, 2.24) is 4.90 Å². The molecule has 0 saturated heterocycles. The average Bonchev–Trinajstić information content (AvgIpc) is 2.39. The summed E-state index contributed by atoms with van der Waals surface area (Å²) in [4.78, 5) is 12.9. The van der Waals surface area contributed by atoms with E-state index in [1.54, 1.807) is 11.9 Å². The lowest BCUT2D eigenvalue weighted by Crippen LogP contribution is -2.46. The number of carboxylic acids is 1. The number of hydrogen-bond donors (Lipinski definition) is 1. The van der Waals surface area contributed by atoms with Gasteiger partial charge in [0.2, 0.25) is 0 Å². The predicted octanol–water partition coefficient (Wildman–Crippen LogP) is 2.04.